The number of quaternary nitrogens is 1. The summed E-state index contributed by atoms with van der Waals surface area (Å²) in [5, 5.41) is 0. The zero-order valence-electron chi connectivity index (χ0n) is 37.0. The fourth-order valence-corrected chi connectivity index (χ4v) is 8.85. The summed E-state index contributed by atoms with van der Waals surface area (Å²) in [7, 11) is 0. The number of hydrogen-bond acceptors (Lipinski definition) is 0. The SMILES string of the molecule is CCCCCCCCCCCCCCCC[N+]1(CCCCCCCCCCCCCCC)C=C[N+](CCCCCCCC)=C1CCCCCCCC. The van der Waals surface area contributed by atoms with E-state index < -0.39 is 0 Å². The van der Waals surface area contributed by atoms with Gasteiger partial charge in [-0.1, -0.05) is 233 Å². The molecule has 0 saturated heterocycles. The van der Waals surface area contributed by atoms with E-state index in [1.54, 1.807) is 5.84 Å². The minimum absolute atomic E-state index is 1.21. The van der Waals surface area contributed by atoms with Gasteiger partial charge in [0, 0.05) is 6.42 Å². The highest BCUT2D eigenvalue weighted by atomic mass is 15.4. The van der Waals surface area contributed by atoms with Crippen LogP contribution in [0, 0.1) is 0 Å². The first-order valence-corrected chi connectivity index (χ1v) is 24.9. The van der Waals surface area contributed by atoms with E-state index in [4.69, 9.17) is 0 Å². The summed E-state index contributed by atoms with van der Waals surface area (Å²) in [4.78, 5) is 0. The van der Waals surface area contributed by atoms with E-state index in [2.05, 4.69) is 44.7 Å². The smallest absolute Gasteiger partial charge is 0.209 e. The average Bonchev–Trinajstić information content (AvgIpc) is 3.49. The van der Waals surface area contributed by atoms with Crippen LogP contribution in [0.5, 0.6) is 0 Å². The van der Waals surface area contributed by atoms with Gasteiger partial charge >= 0.3 is 5.84 Å². The molecule has 1 unspecified atom stereocenters. The predicted molar refractivity (Wildman–Crippen MR) is 237 cm³/mol. The maximum atomic E-state index is 2.78. The van der Waals surface area contributed by atoms with Gasteiger partial charge in [-0.2, -0.15) is 4.58 Å². The molecule has 0 aliphatic carbocycles. The Bertz CT molecular complexity index is 783. The molecule has 0 amide bonds. The number of amidine groups is 1. The minimum atomic E-state index is 1.21. The van der Waals surface area contributed by atoms with Gasteiger partial charge in [-0.25, -0.2) is 4.48 Å². The van der Waals surface area contributed by atoms with Crippen molar-refractivity contribution in [1.29, 1.82) is 0 Å². The first-order valence-electron chi connectivity index (χ1n) is 24.9. The van der Waals surface area contributed by atoms with Crippen LogP contribution in [-0.2, 0) is 0 Å². The van der Waals surface area contributed by atoms with E-state index in [-0.39, 0.29) is 0 Å². The van der Waals surface area contributed by atoms with Crippen molar-refractivity contribution in [1.82, 2.24) is 0 Å². The Morgan fingerprint density at radius 2 is 0.596 bits per heavy atom. The van der Waals surface area contributed by atoms with Crippen LogP contribution in [0.2, 0.25) is 0 Å². The molecule has 0 radical (unpaired) electrons. The van der Waals surface area contributed by atoms with E-state index in [0.717, 1.165) is 0 Å². The summed E-state index contributed by atoms with van der Waals surface area (Å²) >= 11 is 0. The molecule has 1 aliphatic heterocycles. The van der Waals surface area contributed by atoms with Gasteiger partial charge in [0.2, 0.25) is 6.20 Å². The molecule has 1 heterocycles. The van der Waals surface area contributed by atoms with E-state index in [1.807, 2.05) is 0 Å². The monoisotopic (exact) mass is 729 g/mol. The summed E-state index contributed by atoms with van der Waals surface area (Å²) < 4.78 is 3.99. The summed E-state index contributed by atoms with van der Waals surface area (Å²) in [6.45, 7) is 13.3. The van der Waals surface area contributed by atoms with Crippen molar-refractivity contribution in [2.24, 2.45) is 0 Å². The first kappa shape index (κ1) is 49.4. The van der Waals surface area contributed by atoms with Gasteiger partial charge in [0.1, 0.15) is 0 Å². The van der Waals surface area contributed by atoms with E-state index in [0.29, 0.717) is 0 Å². The van der Waals surface area contributed by atoms with Crippen LogP contribution in [0.3, 0.4) is 0 Å². The fraction of sp³-hybridized carbons (Fsp3) is 0.940. The zero-order chi connectivity index (χ0) is 37.5. The summed E-state index contributed by atoms with van der Waals surface area (Å²) in [5.74, 6) is 1.79. The molecule has 0 bridgehead atoms. The molecule has 1 rings (SSSR count). The molecule has 0 aromatic carbocycles. The number of rotatable bonds is 43. The zero-order valence-corrected chi connectivity index (χ0v) is 37.0. The average molecular weight is 729 g/mol. The largest absolute Gasteiger partial charge is 0.348 e. The van der Waals surface area contributed by atoms with Crippen molar-refractivity contribution in [2.75, 3.05) is 19.6 Å². The van der Waals surface area contributed by atoms with Gasteiger partial charge in [0.05, 0.1) is 19.5 Å². The van der Waals surface area contributed by atoms with Crippen LogP contribution in [0.15, 0.2) is 12.4 Å². The van der Waals surface area contributed by atoms with Gasteiger partial charge < -0.3 is 0 Å². The molecule has 0 saturated carbocycles. The van der Waals surface area contributed by atoms with Crippen molar-refractivity contribution >= 4 is 5.84 Å². The van der Waals surface area contributed by atoms with E-state index >= 15 is 0 Å². The van der Waals surface area contributed by atoms with Crippen LogP contribution in [0.4, 0.5) is 0 Å². The maximum absolute atomic E-state index is 2.78. The molecule has 2 nitrogen and oxygen atoms in total. The normalized spacial score (nSPS) is 15.8. The lowest BCUT2D eigenvalue weighted by molar-refractivity contribution is -0.801. The van der Waals surface area contributed by atoms with Crippen LogP contribution in [0.1, 0.15) is 285 Å². The van der Waals surface area contributed by atoms with Gasteiger partial charge in [-0.15, -0.1) is 0 Å². The number of hydrogen-bond donors (Lipinski definition) is 0. The number of nitrogens with zero attached hydrogens (tertiary/aromatic N) is 2. The molecule has 2 heteroatoms. The molecule has 0 spiro atoms. The second-order valence-electron chi connectivity index (χ2n) is 17.5. The highest BCUT2D eigenvalue weighted by Crippen LogP contribution is 2.26. The Hall–Kier alpha value is -0.630. The molecule has 308 valence electrons. The Kier molecular flexibility index (Phi) is 36.7. The third kappa shape index (κ3) is 27.9. The molecule has 1 aliphatic rings. The van der Waals surface area contributed by atoms with Gasteiger partial charge in [0.25, 0.3) is 0 Å². The van der Waals surface area contributed by atoms with Gasteiger partial charge in [-0.05, 0) is 38.5 Å². The van der Waals surface area contributed by atoms with Crippen molar-refractivity contribution in [3.8, 4) is 0 Å². The fourth-order valence-electron chi connectivity index (χ4n) is 8.85. The lowest BCUT2D eigenvalue weighted by Gasteiger charge is -2.29. The van der Waals surface area contributed by atoms with Crippen molar-refractivity contribution < 1.29 is 9.06 Å². The molecular formula is C50H100N2+2. The van der Waals surface area contributed by atoms with E-state index in [1.165, 1.54) is 281 Å². The Balaban J connectivity index is 2.62. The first-order chi connectivity index (χ1) is 25.7. The Morgan fingerprint density at radius 3 is 0.923 bits per heavy atom. The molecule has 0 N–H and O–H groups in total. The third-order valence-electron chi connectivity index (χ3n) is 12.5. The van der Waals surface area contributed by atoms with Crippen LogP contribution >= 0.6 is 0 Å². The quantitative estimate of drug-likeness (QED) is 0.0334. The molecular weight excluding hydrogens is 629 g/mol. The number of unbranched alkanes of at least 4 members (excludes halogenated alkanes) is 35. The lowest BCUT2D eigenvalue weighted by Crippen LogP contribution is -2.50. The van der Waals surface area contributed by atoms with E-state index in [9.17, 15) is 0 Å². The van der Waals surface area contributed by atoms with Crippen molar-refractivity contribution in [3.05, 3.63) is 12.4 Å². The lowest BCUT2D eigenvalue weighted by atomic mass is 10.0. The third-order valence-corrected chi connectivity index (χ3v) is 12.5. The molecule has 52 heavy (non-hydrogen) atoms. The van der Waals surface area contributed by atoms with Crippen LogP contribution < -0.4 is 0 Å². The highest BCUT2D eigenvalue weighted by molar-refractivity contribution is 5.72. The second kappa shape index (κ2) is 38.6. The molecule has 1 atom stereocenters. The van der Waals surface area contributed by atoms with Crippen molar-refractivity contribution in [2.45, 2.75) is 285 Å². The molecule has 0 fully saturated rings. The minimum Gasteiger partial charge on any atom is -0.209 e. The van der Waals surface area contributed by atoms with Crippen LogP contribution in [-0.4, -0.2) is 34.5 Å². The predicted octanol–water partition coefficient (Wildman–Crippen LogP) is 17.4. The summed E-state index contributed by atoms with van der Waals surface area (Å²) in [5.41, 5.74) is 0. The molecule has 0 aromatic heterocycles. The topological polar surface area (TPSA) is 3.01 Å². The Morgan fingerprint density at radius 1 is 0.327 bits per heavy atom. The second-order valence-corrected chi connectivity index (χ2v) is 17.5. The highest BCUT2D eigenvalue weighted by Gasteiger charge is 2.42. The maximum Gasteiger partial charge on any atom is 0.348 e. The Labute approximate surface area is 330 Å². The van der Waals surface area contributed by atoms with Gasteiger partial charge in [0.15, 0.2) is 12.7 Å². The molecule has 0 aromatic rings. The van der Waals surface area contributed by atoms with Gasteiger partial charge in [-0.3, -0.25) is 0 Å². The summed E-state index contributed by atoms with van der Waals surface area (Å²) in [6, 6.07) is 0. The van der Waals surface area contributed by atoms with Crippen LogP contribution in [0.25, 0.3) is 0 Å². The van der Waals surface area contributed by atoms with Crippen molar-refractivity contribution in [3.63, 3.8) is 0 Å². The standard InChI is InChI=1S/C50H100N2/c1-5-9-13-17-21-23-25-27-29-31-33-35-39-43-48-52(47-42-38-34-32-30-28-26-24-22-18-14-10-6-2)49-46-51(45-41-37-20-16-12-8-4)50(52)44-40-36-19-15-11-7-3/h46,49H,5-45,47-48H2,1-4H3/q+2. The summed E-state index contributed by atoms with van der Waals surface area (Å²) in [6.07, 6.45) is 62.6.